The van der Waals surface area contributed by atoms with Crippen molar-refractivity contribution in [3.63, 3.8) is 0 Å². The zero-order valence-electron chi connectivity index (χ0n) is 11.2. The van der Waals surface area contributed by atoms with E-state index in [9.17, 15) is 14.7 Å². The van der Waals surface area contributed by atoms with Crippen LogP contribution in [0.4, 0.5) is 5.69 Å². The first-order valence-electron chi connectivity index (χ1n) is 6.38. The van der Waals surface area contributed by atoms with Gasteiger partial charge in [0.15, 0.2) is 0 Å². The van der Waals surface area contributed by atoms with Crippen molar-refractivity contribution in [3.05, 3.63) is 65.2 Å². The molecule has 4 N–H and O–H groups in total. The standard InChI is InChI=1S/C16H15NO4/c17-12-7-5-10(6-8-12)14(16(20)21)9-11-3-1-2-4-13(11)15(18)19/h1-8,14H,9,17H2,(H,18,19)(H,20,21). The summed E-state index contributed by atoms with van der Waals surface area (Å²) in [6.45, 7) is 0. The number of carboxylic acid groups (broad SMARTS) is 2. The number of anilines is 1. The van der Waals surface area contributed by atoms with E-state index < -0.39 is 17.9 Å². The topological polar surface area (TPSA) is 101 Å². The number of hydrogen-bond donors (Lipinski definition) is 3. The van der Waals surface area contributed by atoms with Crippen LogP contribution in [0.1, 0.15) is 27.4 Å². The second-order valence-electron chi connectivity index (χ2n) is 4.72. The number of hydrogen-bond acceptors (Lipinski definition) is 3. The van der Waals surface area contributed by atoms with Gasteiger partial charge in [-0.2, -0.15) is 0 Å². The Labute approximate surface area is 121 Å². The average Bonchev–Trinajstić information content (AvgIpc) is 2.46. The number of carboxylic acids is 2. The number of benzene rings is 2. The van der Waals surface area contributed by atoms with Gasteiger partial charge in [-0.1, -0.05) is 30.3 Å². The van der Waals surface area contributed by atoms with Gasteiger partial charge in [-0.15, -0.1) is 0 Å². The van der Waals surface area contributed by atoms with Crippen molar-refractivity contribution in [2.45, 2.75) is 12.3 Å². The van der Waals surface area contributed by atoms with E-state index in [1.165, 1.54) is 6.07 Å². The molecule has 0 saturated carbocycles. The van der Waals surface area contributed by atoms with Gasteiger partial charge in [0, 0.05) is 5.69 Å². The summed E-state index contributed by atoms with van der Waals surface area (Å²) in [5, 5.41) is 18.6. The Hall–Kier alpha value is -2.82. The summed E-state index contributed by atoms with van der Waals surface area (Å²) in [5.41, 5.74) is 7.36. The summed E-state index contributed by atoms with van der Waals surface area (Å²) in [7, 11) is 0. The molecular weight excluding hydrogens is 270 g/mol. The molecule has 0 fully saturated rings. The molecule has 1 unspecified atom stereocenters. The Balaban J connectivity index is 2.35. The monoisotopic (exact) mass is 285 g/mol. The van der Waals surface area contributed by atoms with Gasteiger partial charge in [0.05, 0.1) is 11.5 Å². The fourth-order valence-corrected chi connectivity index (χ4v) is 2.20. The van der Waals surface area contributed by atoms with Crippen LogP contribution < -0.4 is 5.73 Å². The van der Waals surface area contributed by atoms with Gasteiger partial charge in [-0.25, -0.2) is 4.79 Å². The summed E-state index contributed by atoms with van der Waals surface area (Å²) in [6.07, 6.45) is 0.113. The number of carbonyl (C=O) groups is 2. The molecule has 2 aromatic carbocycles. The summed E-state index contributed by atoms with van der Waals surface area (Å²) < 4.78 is 0. The first-order chi connectivity index (χ1) is 9.99. The number of aromatic carboxylic acids is 1. The Kier molecular flexibility index (Phi) is 4.23. The van der Waals surface area contributed by atoms with Crippen LogP contribution in [0.15, 0.2) is 48.5 Å². The maximum atomic E-state index is 11.5. The fraction of sp³-hybridized carbons (Fsp3) is 0.125. The lowest BCUT2D eigenvalue weighted by molar-refractivity contribution is -0.138. The summed E-state index contributed by atoms with van der Waals surface area (Å²) in [5.74, 6) is -2.88. The van der Waals surface area contributed by atoms with Gasteiger partial charge in [0.2, 0.25) is 0 Å². The molecule has 0 saturated heterocycles. The van der Waals surface area contributed by atoms with E-state index in [2.05, 4.69) is 0 Å². The van der Waals surface area contributed by atoms with Crippen molar-refractivity contribution < 1.29 is 19.8 Å². The van der Waals surface area contributed by atoms with Crippen LogP contribution in [0.3, 0.4) is 0 Å². The molecule has 0 aromatic heterocycles. The highest BCUT2D eigenvalue weighted by atomic mass is 16.4. The minimum Gasteiger partial charge on any atom is -0.481 e. The number of nitrogen functional groups attached to an aromatic ring is 1. The normalized spacial score (nSPS) is 11.8. The smallest absolute Gasteiger partial charge is 0.335 e. The molecule has 5 heteroatoms. The molecule has 0 radical (unpaired) electrons. The van der Waals surface area contributed by atoms with Gasteiger partial charge >= 0.3 is 11.9 Å². The van der Waals surface area contributed by atoms with E-state index >= 15 is 0 Å². The molecule has 1 atom stereocenters. The van der Waals surface area contributed by atoms with Crippen molar-refractivity contribution in [2.75, 3.05) is 5.73 Å². The first-order valence-corrected chi connectivity index (χ1v) is 6.38. The number of aliphatic carboxylic acids is 1. The summed E-state index contributed by atoms with van der Waals surface area (Å²) in [4.78, 5) is 22.7. The molecule has 0 aliphatic carbocycles. The highest BCUT2D eigenvalue weighted by Crippen LogP contribution is 2.24. The lowest BCUT2D eigenvalue weighted by Gasteiger charge is -2.14. The van der Waals surface area contributed by atoms with E-state index in [-0.39, 0.29) is 12.0 Å². The fourth-order valence-electron chi connectivity index (χ4n) is 2.20. The van der Waals surface area contributed by atoms with Crippen molar-refractivity contribution in [2.24, 2.45) is 0 Å². The largest absolute Gasteiger partial charge is 0.481 e. The zero-order valence-corrected chi connectivity index (χ0v) is 11.2. The Morgan fingerprint density at radius 3 is 2.19 bits per heavy atom. The molecular formula is C16H15NO4. The van der Waals surface area contributed by atoms with Gasteiger partial charge in [-0.3, -0.25) is 4.79 Å². The predicted molar refractivity (Wildman–Crippen MR) is 78.3 cm³/mol. The van der Waals surface area contributed by atoms with E-state index in [1.807, 2.05) is 0 Å². The lowest BCUT2D eigenvalue weighted by Crippen LogP contribution is -2.16. The van der Waals surface area contributed by atoms with Crippen LogP contribution in [0, 0.1) is 0 Å². The van der Waals surface area contributed by atoms with Crippen molar-refractivity contribution in [3.8, 4) is 0 Å². The second-order valence-corrected chi connectivity index (χ2v) is 4.72. The van der Waals surface area contributed by atoms with Crippen LogP contribution in [0.2, 0.25) is 0 Å². The number of rotatable bonds is 5. The SMILES string of the molecule is Nc1ccc(C(Cc2ccccc2C(=O)O)C(=O)O)cc1. The minimum atomic E-state index is -1.06. The third kappa shape index (κ3) is 3.39. The molecule has 21 heavy (non-hydrogen) atoms. The quantitative estimate of drug-likeness (QED) is 0.732. The lowest BCUT2D eigenvalue weighted by atomic mass is 9.90. The van der Waals surface area contributed by atoms with Crippen molar-refractivity contribution in [1.82, 2.24) is 0 Å². The van der Waals surface area contributed by atoms with Crippen LogP contribution in [0.25, 0.3) is 0 Å². The van der Waals surface area contributed by atoms with Gasteiger partial charge in [0.1, 0.15) is 0 Å². The molecule has 0 heterocycles. The van der Waals surface area contributed by atoms with Gasteiger partial charge in [0.25, 0.3) is 0 Å². The van der Waals surface area contributed by atoms with E-state index in [1.54, 1.807) is 42.5 Å². The van der Waals surface area contributed by atoms with Gasteiger partial charge < -0.3 is 15.9 Å². The molecule has 0 bridgehead atoms. The second kappa shape index (κ2) is 6.09. The molecule has 2 aromatic rings. The van der Waals surface area contributed by atoms with Gasteiger partial charge in [-0.05, 0) is 35.7 Å². The Morgan fingerprint density at radius 1 is 1.00 bits per heavy atom. The molecule has 0 spiro atoms. The summed E-state index contributed by atoms with van der Waals surface area (Å²) >= 11 is 0. The van der Waals surface area contributed by atoms with Crippen LogP contribution in [-0.2, 0) is 11.2 Å². The van der Waals surface area contributed by atoms with Crippen molar-refractivity contribution >= 4 is 17.6 Å². The first kappa shape index (κ1) is 14.6. The van der Waals surface area contributed by atoms with Crippen LogP contribution in [0.5, 0.6) is 0 Å². The molecule has 0 amide bonds. The maximum Gasteiger partial charge on any atom is 0.335 e. The summed E-state index contributed by atoms with van der Waals surface area (Å²) in [6, 6.07) is 13.0. The van der Waals surface area contributed by atoms with Crippen LogP contribution >= 0.6 is 0 Å². The molecule has 0 aliphatic rings. The number of nitrogens with two attached hydrogens (primary N) is 1. The molecule has 5 nitrogen and oxygen atoms in total. The third-order valence-corrected chi connectivity index (χ3v) is 3.31. The Morgan fingerprint density at radius 2 is 1.62 bits per heavy atom. The van der Waals surface area contributed by atoms with Crippen molar-refractivity contribution in [1.29, 1.82) is 0 Å². The minimum absolute atomic E-state index is 0.113. The van der Waals surface area contributed by atoms with E-state index in [0.29, 0.717) is 16.8 Å². The molecule has 108 valence electrons. The van der Waals surface area contributed by atoms with E-state index in [0.717, 1.165) is 0 Å². The predicted octanol–water partition coefficient (Wildman–Crippen LogP) is 2.38. The average molecular weight is 285 g/mol. The third-order valence-electron chi connectivity index (χ3n) is 3.31. The zero-order chi connectivity index (χ0) is 15.4. The highest BCUT2D eigenvalue weighted by Gasteiger charge is 2.22. The Bertz CT molecular complexity index is 664. The molecule has 0 aliphatic heterocycles. The van der Waals surface area contributed by atoms with E-state index in [4.69, 9.17) is 10.8 Å². The molecule has 2 rings (SSSR count). The van der Waals surface area contributed by atoms with Crippen LogP contribution in [-0.4, -0.2) is 22.2 Å². The maximum absolute atomic E-state index is 11.5. The highest BCUT2D eigenvalue weighted by molar-refractivity contribution is 5.89.